The van der Waals surface area contributed by atoms with Crippen molar-refractivity contribution in [3.8, 4) is 22.5 Å². The van der Waals surface area contributed by atoms with E-state index in [-0.39, 0.29) is 11.6 Å². The lowest BCUT2D eigenvalue weighted by Gasteiger charge is -2.07. The normalized spacial score (nSPS) is 11.2. The van der Waals surface area contributed by atoms with Gasteiger partial charge in [-0.2, -0.15) is 0 Å². The Kier molecular flexibility index (Phi) is 3.95. The van der Waals surface area contributed by atoms with Crippen LogP contribution in [-0.4, -0.2) is 15.9 Å². The first kappa shape index (κ1) is 17.3. The van der Waals surface area contributed by atoms with Gasteiger partial charge in [-0.3, -0.25) is 4.79 Å². The van der Waals surface area contributed by atoms with Crippen LogP contribution >= 0.6 is 0 Å². The summed E-state index contributed by atoms with van der Waals surface area (Å²) in [4.78, 5) is 16.5. The van der Waals surface area contributed by atoms with Crippen molar-refractivity contribution in [3.63, 3.8) is 0 Å². The highest BCUT2D eigenvalue weighted by atomic mass is 19.1. The molecule has 0 saturated heterocycles. The Hall–Kier alpha value is -3.86. The Balaban J connectivity index is 1.83. The van der Waals surface area contributed by atoms with Gasteiger partial charge in [-0.25, -0.2) is 9.37 Å². The topological polar surface area (TPSA) is 56.0 Å². The van der Waals surface area contributed by atoms with Crippen molar-refractivity contribution in [2.75, 3.05) is 0 Å². The summed E-state index contributed by atoms with van der Waals surface area (Å²) in [6.45, 7) is 1.54. The quantitative estimate of drug-likeness (QED) is 0.356. The Morgan fingerprint density at radius 1 is 0.862 bits per heavy atom. The first-order valence-electron chi connectivity index (χ1n) is 9.17. The first-order valence-corrected chi connectivity index (χ1v) is 9.17. The Morgan fingerprint density at radius 2 is 1.52 bits per heavy atom. The number of aromatic nitrogens is 2. The van der Waals surface area contributed by atoms with Gasteiger partial charge in [0.25, 0.3) is 0 Å². The van der Waals surface area contributed by atoms with Crippen molar-refractivity contribution in [2.24, 2.45) is 0 Å². The van der Waals surface area contributed by atoms with Gasteiger partial charge in [0, 0.05) is 22.1 Å². The smallest absolute Gasteiger partial charge is 0.179 e. The number of hydrogen-bond acceptors (Lipinski definition) is 4. The average molecular weight is 382 g/mol. The van der Waals surface area contributed by atoms with Crippen molar-refractivity contribution >= 4 is 27.7 Å². The van der Waals surface area contributed by atoms with E-state index in [9.17, 15) is 9.18 Å². The molecule has 0 aliphatic carbocycles. The minimum atomic E-state index is -0.315. The second-order valence-electron chi connectivity index (χ2n) is 6.85. The van der Waals surface area contributed by atoms with Crippen LogP contribution in [0.1, 0.15) is 17.3 Å². The van der Waals surface area contributed by atoms with Crippen molar-refractivity contribution in [1.29, 1.82) is 0 Å². The minimum absolute atomic E-state index is 0.00477. The fourth-order valence-corrected chi connectivity index (χ4v) is 3.51. The summed E-state index contributed by atoms with van der Waals surface area (Å²) in [6, 6.07) is 21.1. The van der Waals surface area contributed by atoms with Crippen LogP contribution in [0, 0.1) is 5.82 Å². The fourth-order valence-electron chi connectivity index (χ4n) is 3.51. The predicted molar refractivity (Wildman–Crippen MR) is 110 cm³/mol. The van der Waals surface area contributed by atoms with Crippen molar-refractivity contribution < 1.29 is 13.7 Å². The van der Waals surface area contributed by atoms with Gasteiger partial charge in [-0.1, -0.05) is 41.6 Å². The van der Waals surface area contributed by atoms with Gasteiger partial charge in [0.05, 0.1) is 16.6 Å². The summed E-state index contributed by atoms with van der Waals surface area (Å²) in [5.74, 6) is -0.310. The zero-order valence-electron chi connectivity index (χ0n) is 15.5. The Labute approximate surface area is 165 Å². The third-order valence-corrected chi connectivity index (χ3v) is 4.99. The molecule has 2 heterocycles. The van der Waals surface area contributed by atoms with Crippen LogP contribution in [-0.2, 0) is 0 Å². The van der Waals surface area contributed by atoms with Gasteiger partial charge in [0.15, 0.2) is 11.4 Å². The van der Waals surface area contributed by atoms with Gasteiger partial charge in [-0.15, -0.1) is 0 Å². The summed E-state index contributed by atoms with van der Waals surface area (Å²) >= 11 is 0. The Bertz CT molecular complexity index is 1370. The van der Waals surface area contributed by atoms with Crippen LogP contribution in [0.4, 0.5) is 4.39 Å². The highest BCUT2D eigenvalue weighted by Gasteiger charge is 2.20. The number of carbonyl (C=O) groups excluding carboxylic acids is 1. The van der Waals surface area contributed by atoms with Crippen LogP contribution in [0.15, 0.2) is 77.3 Å². The van der Waals surface area contributed by atoms with Crippen molar-refractivity contribution in [3.05, 3.63) is 84.2 Å². The highest BCUT2D eigenvalue weighted by Crippen LogP contribution is 2.38. The number of ketones is 1. The van der Waals surface area contributed by atoms with Gasteiger partial charge >= 0.3 is 0 Å². The second-order valence-corrected chi connectivity index (χ2v) is 6.85. The summed E-state index contributed by atoms with van der Waals surface area (Å²) in [5.41, 5.74) is 4.93. The summed E-state index contributed by atoms with van der Waals surface area (Å²) in [6.07, 6.45) is 0. The molecule has 0 bridgehead atoms. The summed E-state index contributed by atoms with van der Waals surface area (Å²) < 4.78 is 19.1. The van der Waals surface area contributed by atoms with E-state index in [0.717, 1.165) is 27.4 Å². The van der Waals surface area contributed by atoms with E-state index in [2.05, 4.69) is 5.16 Å². The van der Waals surface area contributed by atoms with Gasteiger partial charge < -0.3 is 4.52 Å². The van der Waals surface area contributed by atoms with Gasteiger partial charge in [0.1, 0.15) is 11.5 Å². The zero-order valence-corrected chi connectivity index (χ0v) is 15.5. The molecule has 4 nitrogen and oxygen atoms in total. The molecule has 0 unspecified atom stereocenters. The number of Topliss-reactive ketones (excluding diaryl/α,β-unsaturated/α-hetero) is 1. The molecule has 0 aliphatic rings. The van der Waals surface area contributed by atoms with Crippen LogP contribution in [0.5, 0.6) is 0 Å². The standard InChI is InChI=1S/C24H15FN2O2/c1-14(28)15-6-8-16(9-7-15)22-21-23(17-10-12-18(25)13-11-17)27-29-24(21)19-4-2-3-5-20(19)26-22/h2-13H,1H3. The lowest BCUT2D eigenvalue weighted by Crippen LogP contribution is -1.93. The van der Waals surface area contributed by atoms with Crippen LogP contribution in [0.2, 0.25) is 0 Å². The van der Waals surface area contributed by atoms with Gasteiger partial charge in [0.2, 0.25) is 0 Å². The zero-order chi connectivity index (χ0) is 20.0. The third-order valence-electron chi connectivity index (χ3n) is 4.99. The third kappa shape index (κ3) is 2.88. The summed E-state index contributed by atoms with van der Waals surface area (Å²) in [7, 11) is 0. The highest BCUT2D eigenvalue weighted by molar-refractivity contribution is 6.12. The van der Waals surface area contributed by atoms with Crippen molar-refractivity contribution in [2.45, 2.75) is 6.92 Å². The van der Waals surface area contributed by atoms with Crippen LogP contribution < -0.4 is 0 Å². The van der Waals surface area contributed by atoms with E-state index >= 15 is 0 Å². The molecule has 5 rings (SSSR count). The molecule has 0 aliphatic heterocycles. The molecule has 0 radical (unpaired) electrons. The maximum Gasteiger partial charge on any atom is 0.179 e. The van der Waals surface area contributed by atoms with Gasteiger partial charge in [-0.05, 0) is 43.3 Å². The number of pyridine rings is 1. The number of halogens is 1. The lowest BCUT2D eigenvalue weighted by atomic mass is 9.99. The van der Waals surface area contributed by atoms with Crippen LogP contribution in [0.25, 0.3) is 44.4 Å². The molecule has 0 N–H and O–H groups in total. The minimum Gasteiger partial charge on any atom is -0.355 e. The van der Waals surface area contributed by atoms with Crippen LogP contribution in [0.3, 0.4) is 0 Å². The SMILES string of the molecule is CC(=O)c1ccc(-c2nc3ccccc3c3onc(-c4ccc(F)cc4)c23)cc1. The number of carbonyl (C=O) groups is 1. The molecule has 0 atom stereocenters. The predicted octanol–water partition coefficient (Wildman–Crippen LogP) is 6.05. The number of benzene rings is 3. The summed E-state index contributed by atoms with van der Waals surface area (Å²) in [5, 5.41) is 5.90. The molecule has 2 aromatic heterocycles. The molecule has 0 saturated carbocycles. The number of hydrogen-bond donors (Lipinski definition) is 0. The van der Waals surface area contributed by atoms with E-state index in [1.165, 1.54) is 19.1 Å². The van der Waals surface area contributed by atoms with E-state index in [1.54, 1.807) is 24.3 Å². The largest absolute Gasteiger partial charge is 0.355 e. The van der Waals surface area contributed by atoms with E-state index in [0.29, 0.717) is 22.5 Å². The molecule has 29 heavy (non-hydrogen) atoms. The van der Waals surface area contributed by atoms with E-state index in [4.69, 9.17) is 9.51 Å². The molecular formula is C24H15FN2O2. The fraction of sp³-hybridized carbons (Fsp3) is 0.0417. The molecule has 140 valence electrons. The number of fused-ring (bicyclic) bond motifs is 3. The maximum absolute atomic E-state index is 13.4. The van der Waals surface area contributed by atoms with Crippen molar-refractivity contribution in [1.82, 2.24) is 10.1 Å². The number of nitrogens with zero attached hydrogens (tertiary/aromatic N) is 2. The monoisotopic (exact) mass is 382 g/mol. The lowest BCUT2D eigenvalue weighted by molar-refractivity contribution is 0.101. The first-order chi connectivity index (χ1) is 14.1. The van der Waals surface area contributed by atoms with E-state index < -0.39 is 0 Å². The molecule has 5 aromatic rings. The second kappa shape index (κ2) is 6.63. The number of rotatable bonds is 3. The molecule has 3 aromatic carbocycles. The van der Waals surface area contributed by atoms with E-state index in [1.807, 2.05) is 36.4 Å². The molecule has 5 heteroatoms. The maximum atomic E-state index is 13.4. The molecule has 0 amide bonds. The average Bonchev–Trinajstić information content (AvgIpc) is 3.19. The number of para-hydroxylation sites is 1. The molecule has 0 fully saturated rings. The molecular weight excluding hydrogens is 367 g/mol. The molecule has 0 spiro atoms. The Morgan fingerprint density at radius 3 is 2.24 bits per heavy atom.